The minimum atomic E-state index is -5.17. The molecule has 0 aromatic rings. The van der Waals surface area contributed by atoms with Gasteiger partial charge in [-0.1, -0.05) is 0 Å². The predicted molar refractivity (Wildman–Crippen MR) is 73.4 cm³/mol. The van der Waals surface area contributed by atoms with Gasteiger partial charge in [0.25, 0.3) is 0 Å². The average Bonchev–Trinajstić information content (AvgIpc) is 1.79. The molecule has 0 bridgehead atoms. The van der Waals surface area contributed by atoms with E-state index in [0.717, 1.165) is 0 Å². The quantitative estimate of drug-likeness (QED) is 0.109. The first-order valence-corrected chi connectivity index (χ1v) is 10.0. The summed E-state index contributed by atoms with van der Waals surface area (Å²) < 4.78 is 170. The molecular weight excluding hydrogens is 586 g/mol. The molecule has 0 fully saturated rings. The first-order chi connectivity index (χ1) is 10.0. The average molecular weight is 592 g/mol. The maximum Gasteiger partial charge on any atom is 4.00 e. The maximum absolute atomic E-state index is 8.52. The second-order valence-corrected chi connectivity index (χ2v) is 6.12. The van der Waals surface area contributed by atoms with Crippen LogP contribution in [0.2, 0.25) is 0 Å². The van der Waals surface area contributed by atoms with Crippen LogP contribution >= 0.6 is 9.90 Å². The third-order valence-electron chi connectivity index (χ3n) is 0. The van der Waals surface area contributed by atoms with Crippen molar-refractivity contribution in [2.24, 2.45) is 0 Å². The number of hydrogen-bond donors (Lipinski definition) is 0. The fourth-order valence-electron chi connectivity index (χ4n) is 0. The summed E-state index contributed by atoms with van der Waals surface area (Å²) in [6, 6.07) is 0. The van der Waals surface area contributed by atoms with Gasteiger partial charge in [-0.15, -0.1) is 0 Å². The van der Waals surface area contributed by atoms with Crippen LogP contribution in [0.4, 0.5) is 0 Å². The monoisotopic (exact) mass is 592 g/mol. The van der Waals surface area contributed by atoms with Crippen molar-refractivity contribution >= 4 is 79.3 Å². The standard InChI is InChI=1S/Al.5H2O4S.H6P.Ti/c;5*1-5(2,3)4;;/h;5*(H2,1,2,3,4);1H6;/q+3;;;;;;+3;+4/p-10. The van der Waals surface area contributed by atoms with Crippen LogP contribution in [0.1, 0.15) is 0 Å². The zero-order valence-electron chi connectivity index (χ0n) is 11.3. The van der Waals surface area contributed by atoms with Gasteiger partial charge in [0, 0.05) is 52.0 Å². The Morgan fingerprint density at radius 3 is 0.321 bits per heavy atom. The molecule has 0 rings (SSSR count). The summed E-state index contributed by atoms with van der Waals surface area (Å²) in [5.41, 5.74) is 0. The molecule has 0 aliphatic heterocycles. The third kappa shape index (κ3) is 17400. The van der Waals surface area contributed by atoms with Gasteiger partial charge in [0.1, 0.15) is 0 Å². The Morgan fingerprint density at radius 1 is 0.321 bits per heavy atom. The van der Waals surface area contributed by atoms with E-state index in [1.54, 1.807) is 0 Å². The Labute approximate surface area is 187 Å². The van der Waals surface area contributed by atoms with Crippen LogP contribution in [0.15, 0.2) is 0 Å². The molecule has 0 saturated heterocycles. The Hall–Kier alpha value is 1.03. The van der Waals surface area contributed by atoms with Gasteiger partial charge >= 0.3 is 39.1 Å². The summed E-state index contributed by atoms with van der Waals surface area (Å²) >= 11 is 0. The van der Waals surface area contributed by atoms with Gasteiger partial charge in [0.15, 0.2) is 0 Å². The van der Waals surface area contributed by atoms with Gasteiger partial charge in [-0.05, 0) is 0 Å². The van der Waals surface area contributed by atoms with E-state index in [9.17, 15) is 0 Å². The van der Waals surface area contributed by atoms with Gasteiger partial charge < -0.3 is 45.5 Å². The number of rotatable bonds is 0. The molecule has 0 atom stereocenters. The zero-order chi connectivity index (χ0) is 22.5. The molecule has 0 aliphatic carbocycles. The molecule has 0 unspecified atom stereocenters. The van der Waals surface area contributed by atoms with Crippen molar-refractivity contribution in [2.45, 2.75) is 0 Å². The first-order valence-electron chi connectivity index (χ1n) is 3.33. The normalized spacial score (nSPS) is 10.4. The Bertz CT molecular complexity index is 627. The second kappa shape index (κ2) is 21.3. The first kappa shape index (κ1) is 51.6. The summed E-state index contributed by atoms with van der Waals surface area (Å²) in [6.45, 7) is 0. The van der Waals surface area contributed by atoms with Gasteiger partial charge in [-0.3, -0.25) is 52.0 Å². The molecule has 0 heterocycles. The topological polar surface area (TPSA) is 401 Å². The summed E-state index contributed by atoms with van der Waals surface area (Å²) in [7, 11) is -25.8. The van der Waals surface area contributed by atoms with Crippen molar-refractivity contribution in [2.75, 3.05) is 0 Å². The molecule has 20 nitrogen and oxygen atoms in total. The van der Waals surface area contributed by atoms with E-state index >= 15 is 0 Å². The Morgan fingerprint density at radius 2 is 0.321 bits per heavy atom. The molecule has 0 aromatic heterocycles. The van der Waals surface area contributed by atoms with Crippen LogP contribution in [0.5, 0.6) is 0 Å². The molecule has 28 heavy (non-hydrogen) atoms. The summed E-state index contributed by atoms with van der Waals surface area (Å²) in [4.78, 5) is 0. The molecule has 0 N–H and O–H groups in total. The molecule has 28 heteroatoms. The minimum Gasteiger partial charge on any atom is -0.759 e. The molecule has 168 valence electrons. The number of hydrogen-bond acceptors (Lipinski definition) is 20. The molecule has 0 amide bonds. The van der Waals surface area contributed by atoms with Crippen LogP contribution < -0.4 is 0 Å². The van der Waals surface area contributed by atoms with Crippen LogP contribution in [-0.2, 0) is 73.7 Å². The van der Waals surface area contributed by atoms with Gasteiger partial charge in [-0.25, -0.2) is 0 Å². The minimum absolute atomic E-state index is 0. The Kier molecular flexibility index (Phi) is 39.2. The molecule has 0 radical (unpaired) electrons. The van der Waals surface area contributed by atoms with E-state index in [1.807, 2.05) is 0 Å². The van der Waals surface area contributed by atoms with Crippen LogP contribution in [0, 0.1) is 0 Å². The summed E-state index contributed by atoms with van der Waals surface area (Å²) in [6.07, 6.45) is 0. The van der Waals surface area contributed by atoms with Crippen LogP contribution in [0.3, 0.4) is 0 Å². The van der Waals surface area contributed by atoms with Crippen molar-refractivity contribution in [3.63, 3.8) is 0 Å². The SMILES string of the molecule is O=S(=O)([O-])[O-].O=S(=O)([O-])[O-].O=S(=O)([O-])[O-].O=S(=O)([O-])[O-].O=S(=O)([O-])[O-].[Al+3].[PH6+3].[Ti+4]. The predicted octanol–water partition coefficient (Wildman–Crippen LogP) is -7.82. The van der Waals surface area contributed by atoms with Crippen molar-refractivity contribution in [3.05, 3.63) is 0 Å². The maximum atomic E-state index is 8.52. The van der Waals surface area contributed by atoms with E-state index in [1.165, 1.54) is 0 Å². The van der Waals surface area contributed by atoms with Gasteiger partial charge in [0.05, 0.1) is 0 Å². The van der Waals surface area contributed by atoms with Crippen LogP contribution in [0.25, 0.3) is 0 Å². The van der Waals surface area contributed by atoms with Crippen molar-refractivity contribution in [1.82, 2.24) is 0 Å². The zero-order valence-corrected chi connectivity index (χ0v) is 18.1. The van der Waals surface area contributed by atoms with Crippen molar-refractivity contribution in [3.8, 4) is 0 Å². The molecule has 0 aromatic carbocycles. The smallest absolute Gasteiger partial charge is 0.759 e. The van der Waals surface area contributed by atoms with E-state index in [-0.39, 0.29) is 49.0 Å². The van der Waals surface area contributed by atoms with Crippen molar-refractivity contribution < 1.29 is 109 Å². The molecular formula is H6AlO20PS5Ti. The van der Waals surface area contributed by atoms with Gasteiger partial charge in [0.2, 0.25) is 0 Å². The molecule has 0 saturated carbocycles. The fraction of sp³-hybridized carbons (Fsp3) is 0. The summed E-state index contributed by atoms with van der Waals surface area (Å²) in [5.74, 6) is 0. The third-order valence-corrected chi connectivity index (χ3v) is 0. The van der Waals surface area contributed by atoms with Gasteiger partial charge in [-0.2, -0.15) is 0 Å². The van der Waals surface area contributed by atoms with Crippen LogP contribution in [-0.4, -0.2) is 105 Å². The van der Waals surface area contributed by atoms with E-state index in [4.69, 9.17) is 87.6 Å². The largest absolute Gasteiger partial charge is 4.00 e. The van der Waals surface area contributed by atoms with E-state index in [2.05, 4.69) is 0 Å². The second-order valence-electron chi connectivity index (χ2n) is 2.04. The van der Waals surface area contributed by atoms with E-state index in [0.29, 0.717) is 0 Å². The van der Waals surface area contributed by atoms with Crippen molar-refractivity contribution in [1.29, 1.82) is 0 Å². The fourth-order valence-corrected chi connectivity index (χ4v) is 0. The van der Waals surface area contributed by atoms with E-state index < -0.39 is 52.0 Å². The Balaban J connectivity index is -0.0000000290. The molecule has 0 spiro atoms. The summed E-state index contributed by atoms with van der Waals surface area (Å²) in [5, 5.41) is 0. The molecule has 0 aliphatic rings.